The summed E-state index contributed by atoms with van der Waals surface area (Å²) in [6.45, 7) is 10.7. The lowest BCUT2D eigenvalue weighted by atomic mass is 9.91. The van der Waals surface area contributed by atoms with Crippen molar-refractivity contribution in [1.29, 1.82) is 0 Å². The van der Waals surface area contributed by atoms with E-state index in [0.717, 1.165) is 49.5 Å². The number of anilines is 1. The number of nitrogens with one attached hydrogen (secondary N) is 1. The summed E-state index contributed by atoms with van der Waals surface area (Å²) in [5, 5.41) is 6.96. The van der Waals surface area contributed by atoms with Crippen molar-refractivity contribution in [3.8, 4) is 10.7 Å². The molecule has 0 unspecified atom stereocenters. The van der Waals surface area contributed by atoms with Crippen LogP contribution in [-0.4, -0.2) is 24.9 Å². The molecule has 0 amide bonds. The van der Waals surface area contributed by atoms with Gasteiger partial charge in [-0.2, -0.15) is 0 Å². The van der Waals surface area contributed by atoms with Crippen molar-refractivity contribution in [2.75, 3.05) is 5.32 Å². The van der Waals surface area contributed by atoms with Gasteiger partial charge in [-0.25, -0.2) is 15.0 Å². The van der Waals surface area contributed by atoms with Gasteiger partial charge < -0.3 is 9.73 Å². The van der Waals surface area contributed by atoms with Crippen LogP contribution in [0.5, 0.6) is 0 Å². The standard InChI is InChI=1S/C22H24N6OS3/c1-14(7-15-12-31-20(28-15)17-10-23-5-6-24-17)27-21-26-11-19(32-21)30-13-18-25-9-16(29-18)8-22(2,3)4/h5-6,9-12H,1,7-8,13H2,2-4H3,(H,26,27). The van der Waals surface area contributed by atoms with Crippen molar-refractivity contribution in [1.82, 2.24) is 24.9 Å². The summed E-state index contributed by atoms with van der Waals surface area (Å²) >= 11 is 4.80. The normalized spacial score (nSPS) is 11.6. The molecule has 0 aliphatic carbocycles. The van der Waals surface area contributed by atoms with E-state index in [2.05, 4.69) is 57.6 Å². The van der Waals surface area contributed by atoms with Gasteiger partial charge >= 0.3 is 0 Å². The second-order valence-electron chi connectivity index (χ2n) is 8.37. The Kier molecular flexibility index (Phi) is 7.02. The molecule has 0 atom stereocenters. The molecule has 4 heterocycles. The smallest absolute Gasteiger partial charge is 0.204 e. The Labute approximate surface area is 199 Å². The number of rotatable bonds is 9. The number of hydrogen-bond donors (Lipinski definition) is 1. The van der Waals surface area contributed by atoms with Crippen LogP contribution in [0.1, 0.15) is 38.1 Å². The van der Waals surface area contributed by atoms with Crippen molar-refractivity contribution in [2.24, 2.45) is 5.41 Å². The zero-order chi connectivity index (χ0) is 22.6. The average molecular weight is 485 g/mol. The van der Waals surface area contributed by atoms with Crippen LogP contribution in [0, 0.1) is 5.41 Å². The van der Waals surface area contributed by atoms with Crippen molar-refractivity contribution in [2.45, 2.75) is 43.6 Å². The molecule has 7 nitrogen and oxygen atoms in total. The van der Waals surface area contributed by atoms with Crippen LogP contribution >= 0.6 is 34.4 Å². The Balaban J connectivity index is 1.27. The molecule has 0 bridgehead atoms. The van der Waals surface area contributed by atoms with E-state index in [1.807, 2.05) is 17.8 Å². The summed E-state index contributed by atoms with van der Waals surface area (Å²) in [6, 6.07) is 0. The molecule has 4 aromatic rings. The minimum atomic E-state index is 0.181. The molecule has 0 saturated heterocycles. The molecule has 32 heavy (non-hydrogen) atoms. The van der Waals surface area contributed by atoms with E-state index in [4.69, 9.17) is 4.42 Å². The first kappa shape index (κ1) is 22.6. The van der Waals surface area contributed by atoms with Crippen LogP contribution in [0.2, 0.25) is 0 Å². The number of oxazole rings is 1. The summed E-state index contributed by atoms with van der Waals surface area (Å²) in [5.74, 6) is 2.35. The largest absolute Gasteiger partial charge is 0.445 e. The van der Waals surface area contributed by atoms with E-state index in [1.54, 1.807) is 53.0 Å². The zero-order valence-corrected chi connectivity index (χ0v) is 20.6. The van der Waals surface area contributed by atoms with Crippen LogP contribution in [0.3, 0.4) is 0 Å². The first-order valence-electron chi connectivity index (χ1n) is 10.0. The quantitative estimate of drug-likeness (QED) is 0.285. The van der Waals surface area contributed by atoms with Gasteiger partial charge in [0.15, 0.2) is 5.13 Å². The SMILES string of the molecule is C=C(Cc1csc(-c2cnccn2)n1)Nc1ncc(SCc2ncc(CC(C)(C)C)o2)s1. The predicted molar refractivity (Wildman–Crippen MR) is 131 cm³/mol. The average Bonchev–Trinajstić information content (AvgIpc) is 3.48. The van der Waals surface area contributed by atoms with Gasteiger partial charge in [0.25, 0.3) is 0 Å². The Morgan fingerprint density at radius 3 is 2.81 bits per heavy atom. The molecule has 0 aliphatic rings. The van der Waals surface area contributed by atoms with Gasteiger partial charge in [0, 0.05) is 36.3 Å². The fourth-order valence-corrected chi connectivity index (χ4v) is 5.42. The number of thiazole rings is 2. The molecule has 0 saturated carbocycles. The van der Waals surface area contributed by atoms with E-state index in [9.17, 15) is 0 Å². The van der Waals surface area contributed by atoms with Gasteiger partial charge in [-0.05, 0) is 5.41 Å². The number of aromatic nitrogens is 5. The number of allylic oxidation sites excluding steroid dienone is 1. The van der Waals surface area contributed by atoms with Crippen molar-refractivity contribution in [3.63, 3.8) is 0 Å². The molecule has 0 fully saturated rings. The van der Waals surface area contributed by atoms with Crippen LogP contribution in [0.15, 0.2) is 57.3 Å². The van der Waals surface area contributed by atoms with Gasteiger partial charge in [0.05, 0.1) is 34.2 Å². The van der Waals surface area contributed by atoms with Gasteiger partial charge in [-0.3, -0.25) is 9.97 Å². The summed E-state index contributed by atoms with van der Waals surface area (Å²) in [4.78, 5) is 21.9. The second-order valence-corrected chi connectivity index (χ2v) is 11.5. The molecule has 4 rings (SSSR count). The summed E-state index contributed by atoms with van der Waals surface area (Å²) in [6.07, 6.45) is 10.2. The van der Waals surface area contributed by atoms with E-state index in [-0.39, 0.29) is 5.41 Å². The molecule has 0 aromatic carbocycles. The maximum Gasteiger partial charge on any atom is 0.204 e. The Hall–Kier alpha value is -2.56. The zero-order valence-electron chi connectivity index (χ0n) is 18.2. The van der Waals surface area contributed by atoms with E-state index in [0.29, 0.717) is 12.2 Å². The lowest BCUT2D eigenvalue weighted by molar-refractivity contribution is 0.356. The lowest BCUT2D eigenvalue weighted by Gasteiger charge is -2.15. The summed E-state index contributed by atoms with van der Waals surface area (Å²) < 4.78 is 6.95. The van der Waals surface area contributed by atoms with E-state index >= 15 is 0 Å². The van der Waals surface area contributed by atoms with Gasteiger partial charge in [0.1, 0.15) is 16.5 Å². The molecule has 0 aliphatic heterocycles. The minimum Gasteiger partial charge on any atom is -0.445 e. The van der Waals surface area contributed by atoms with Crippen molar-refractivity contribution in [3.05, 3.63) is 66.0 Å². The third kappa shape index (κ3) is 6.47. The number of thioether (sulfide) groups is 1. The highest BCUT2D eigenvalue weighted by Gasteiger charge is 2.15. The highest BCUT2D eigenvalue weighted by molar-refractivity contribution is 8.00. The minimum absolute atomic E-state index is 0.181. The van der Waals surface area contributed by atoms with Crippen LogP contribution in [0.4, 0.5) is 5.13 Å². The fourth-order valence-electron chi connectivity index (χ4n) is 2.87. The molecule has 10 heteroatoms. The Morgan fingerprint density at radius 2 is 2.03 bits per heavy atom. The van der Waals surface area contributed by atoms with Gasteiger partial charge in [0.2, 0.25) is 5.89 Å². The van der Waals surface area contributed by atoms with Crippen LogP contribution in [-0.2, 0) is 18.6 Å². The fraction of sp³-hybridized carbons (Fsp3) is 0.318. The molecule has 166 valence electrons. The van der Waals surface area contributed by atoms with E-state index < -0.39 is 0 Å². The third-order valence-electron chi connectivity index (χ3n) is 4.14. The molecule has 1 N–H and O–H groups in total. The molecule has 0 spiro atoms. The second kappa shape index (κ2) is 9.93. The highest BCUT2D eigenvalue weighted by Crippen LogP contribution is 2.32. The first-order chi connectivity index (χ1) is 15.3. The highest BCUT2D eigenvalue weighted by atomic mass is 32.2. The predicted octanol–water partition coefficient (Wildman–Crippen LogP) is 6.09. The van der Waals surface area contributed by atoms with Gasteiger partial charge in [-0.15, -0.1) is 23.1 Å². The van der Waals surface area contributed by atoms with Crippen LogP contribution in [0.25, 0.3) is 10.7 Å². The number of hydrogen-bond acceptors (Lipinski definition) is 10. The monoisotopic (exact) mass is 484 g/mol. The number of nitrogens with zero attached hydrogens (tertiary/aromatic N) is 5. The summed E-state index contributed by atoms with van der Waals surface area (Å²) in [7, 11) is 0. The van der Waals surface area contributed by atoms with E-state index in [1.165, 1.54) is 0 Å². The van der Waals surface area contributed by atoms with Crippen molar-refractivity contribution >= 4 is 39.6 Å². The summed E-state index contributed by atoms with van der Waals surface area (Å²) in [5.41, 5.74) is 2.74. The third-order valence-corrected chi connectivity index (χ3v) is 7.15. The lowest BCUT2D eigenvalue weighted by Crippen LogP contribution is -2.08. The Morgan fingerprint density at radius 1 is 1.16 bits per heavy atom. The maximum atomic E-state index is 5.86. The molecule has 0 radical (unpaired) electrons. The van der Waals surface area contributed by atoms with Crippen LogP contribution < -0.4 is 5.32 Å². The molecular formula is C22H24N6OS3. The van der Waals surface area contributed by atoms with Gasteiger partial charge in [-0.1, -0.05) is 38.7 Å². The topological polar surface area (TPSA) is 89.6 Å². The Bertz CT molecular complexity index is 1180. The first-order valence-corrected chi connectivity index (χ1v) is 12.7. The molecular weight excluding hydrogens is 460 g/mol. The molecule has 4 aromatic heterocycles. The maximum absolute atomic E-state index is 5.86. The van der Waals surface area contributed by atoms with Crippen molar-refractivity contribution < 1.29 is 4.42 Å².